The van der Waals surface area contributed by atoms with Crippen LogP contribution >= 0.6 is 15.9 Å². The predicted molar refractivity (Wildman–Crippen MR) is 69.2 cm³/mol. The van der Waals surface area contributed by atoms with Gasteiger partial charge in [0.05, 0.1) is 4.47 Å². The van der Waals surface area contributed by atoms with Gasteiger partial charge in [-0.15, -0.1) is 0 Å². The maximum absolute atomic E-state index is 13.1. The van der Waals surface area contributed by atoms with Crippen LogP contribution < -0.4 is 0 Å². The van der Waals surface area contributed by atoms with E-state index >= 15 is 0 Å². The van der Waals surface area contributed by atoms with Crippen molar-refractivity contribution in [2.45, 2.75) is 19.4 Å². The lowest BCUT2D eigenvalue weighted by Crippen LogP contribution is -2.36. The molecule has 1 aliphatic rings. The molecule has 1 aromatic carbocycles. The molecule has 0 radical (unpaired) electrons. The number of rotatable bonds is 3. The Kier molecular flexibility index (Phi) is 4.54. The number of likely N-dealkylation sites (tertiary alicyclic amines) is 1. The molecule has 1 N–H and O–H groups in total. The van der Waals surface area contributed by atoms with E-state index in [-0.39, 0.29) is 12.4 Å². The van der Waals surface area contributed by atoms with Gasteiger partial charge in [0, 0.05) is 19.7 Å². The first-order chi connectivity index (χ1) is 8.19. The molecule has 1 saturated heterocycles. The smallest absolute Gasteiger partial charge is 0.137 e. The van der Waals surface area contributed by atoms with Gasteiger partial charge in [-0.2, -0.15) is 0 Å². The lowest BCUT2D eigenvalue weighted by molar-refractivity contribution is 0.116. The minimum absolute atomic E-state index is 0.222. The van der Waals surface area contributed by atoms with Crippen molar-refractivity contribution < 1.29 is 9.50 Å². The van der Waals surface area contributed by atoms with Crippen molar-refractivity contribution in [3.05, 3.63) is 34.1 Å². The van der Waals surface area contributed by atoms with Crippen LogP contribution in [0, 0.1) is 11.7 Å². The largest absolute Gasteiger partial charge is 0.396 e. The lowest BCUT2D eigenvalue weighted by Gasteiger charge is -2.31. The summed E-state index contributed by atoms with van der Waals surface area (Å²) in [6.07, 6.45) is 2.24. The highest BCUT2D eigenvalue weighted by atomic mass is 79.9. The molecule has 0 bridgehead atoms. The second-order valence-corrected chi connectivity index (χ2v) is 5.53. The van der Waals surface area contributed by atoms with Crippen molar-refractivity contribution in [3.8, 4) is 0 Å². The summed E-state index contributed by atoms with van der Waals surface area (Å²) in [7, 11) is 0. The molecule has 1 aromatic rings. The second kappa shape index (κ2) is 5.94. The van der Waals surface area contributed by atoms with Crippen LogP contribution in [0.3, 0.4) is 0 Å². The summed E-state index contributed by atoms with van der Waals surface area (Å²) in [4.78, 5) is 2.32. The number of hydrogen-bond acceptors (Lipinski definition) is 2. The van der Waals surface area contributed by atoms with Crippen LogP contribution in [-0.2, 0) is 6.54 Å². The lowest BCUT2D eigenvalue weighted by atomic mass is 9.98. The Morgan fingerprint density at radius 2 is 2.29 bits per heavy atom. The molecule has 1 unspecified atom stereocenters. The molecule has 1 heterocycles. The third-order valence-corrected chi connectivity index (χ3v) is 3.86. The fourth-order valence-electron chi connectivity index (χ4n) is 2.34. The number of nitrogens with zero attached hydrogens (tertiary/aromatic N) is 1. The fraction of sp³-hybridized carbons (Fsp3) is 0.538. The van der Waals surface area contributed by atoms with Gasteiger partial charge in [0.15, 0.2) is 0 Å². The van der Waals surface area contributed by atoms with Crippen LogP contribution in [0.25, 0.3) is 0 Å². The number of aliphatic hydroxyl groups is 1. The van der Waals surface area contributed by atoms with E-state index in [0.29, 0.717) is 10.4 Å². The van der Waals surface area contributed by atoms with Gasteiger partial charge in [0.1, 0.15) is 5.82 Å². The third-order valence-electron chi connectivity index (χ3n) is 3.25. The predicted octanol–water partition coefficient (Wildman–Crippen LogP) is 2.79. The molecule has 1 atom stereocenters. The molecule has 2 rings (SSSR count). The molecular formula is C13H17BrFNO. The molecule has 0 aromatic heterocycles. The maximum Gasteiger partial charge on any atom is 0.137 e. The minimum atomic E-state index is -0.222. The highest BCUT2D eigenvalue weighted by Crippen LogP contribution is 2.21. The monoisotopic (exact) mass is 301 g/mol. The molecule has 0 amide bonds. The zero-order valence-electron chi connectivity index (χ0n) is 9.70. The first kappa shape index (κ1) is 13.0. The zero-order chi connectivity index (χ0) is 12.3. The summed E-state index contributed by atoms with van der Waals surface area (Å²) in [5.74, 6) is 0.174. The summed E-state index contributed by atoms with van der Waals surface area (Å²) in [6, 6.07) is 5.15. The van der Waals surface area contributed by atoms with Crippen molar-refractivity contribution >= 4 is 15.9 Å². The van der Waals surface area contributed by atoms with Gasteiger partial charge in [-0.25, -0.2) is 4.39 Å². The Labute approximate surface area is 110 Å². The standard InChI is InChI=1S/C13H17BrFNO/c14-12-6-10(3-4-13(12)15)7-16-5-1-2-11(8-16)9-17/h3-4,6,11,17H,1-2,5,7-9H2. The fourth-order valence-corrected chi connectivity index (χ4v) is 2.77. The molecular weight excluding hydrogens is 285 g/mol. The molecule has 1 aliphatic heterocycles. The Hall–Kier alpha value is -0.450. The van der Waals surface area contributed by atoms with Gasteiger partial charge in [-0.1, -0.05) is 6.07 Å². The van der Waals surface area contributed by atoms with Crippen molar-refractivity contribution in [1.82, 2.24) is 4.90 Å². The minimum Gasteiger partial charge on any atom is -0.396 e. The Bertz CT molecular complexity index is 386. The summed E-state index contributed by atoms with van der Waals surface area (Å²) in [6.45, 7) is 3.09. The summed E-state index contributed by atoms with van der Waals surface area (Å²) in [5, 5.41) is 9.17. The van der Waals surface area contributed by atoms with E-state index in [1.54, 1.807) is 0 Å². The number of piperidine rings is 1. The van der Waals surface area contributed by atoms with Gasteiger partial charge >= 0.3 is 0 Å². The number of halogens is 2. The summed E-state index contributed by atoms with van der Waals surface area (Å²) >= 11 is 3.20. The summed E-state index contributed by atoms with van der Waals surface area (Å²) in [5.41, 5.74) is 1.11. The first-order valence-corrected chi connectivity index (χ1v) is 6.75. The first-order valence-electron chi connectivity index (χ1n) is 5.96. The van der Waals surface area contributed by atoms with Gasteiger partial charge in [0.25, 0.3) is 0 Å². The third kappa shape index (κ3) is 3.50. The van der Waals surface area contributed by atoms with Gasteiger partial charge < -0.3 is 5.11 Å². The highest BCUT2D eigenvalue weighted by Gasteiger charge is 2.19. The Balaban J connectivity index is 1.97. The normalized spacial score (nSPS) is 21.7. The quantitative estimate of drug-likeness (QED) is 0.928. The van der Waals surface area contributed by atoms with Crippen LogP contribution in [0.4, 0.5) is 4.39 Å². The second-order valence-electron chi connectivity index (χ2n) is 4.67. The van der Waals surface area contributed by atoms with Crippen LogP contribution in [0.2, 0.25) is 0 Å². The van der Waals surface area contributed by atoms with Crippen LogP contribution in [0.15, 0.2) is 22.7 Å². The van der Waals surface area contributed by atoms with Crippen molar-refractivity contribution in [1.29, 1.82) is 0 Å². The average molecular weight is 302 g/mol. The van der Waals surface area contributed by atoms with E-state index in [0.717, 1.165) is 38.0 Å². The van der Waals surface area contributed by atoms with Gasteiger partial charge in [-0.05, 0) is 58.9 Å². The average Bonchev–Trinajstić information content (AvgIpc) is 2.34. The number of hydrogen-bond donors (Lipinski definition) is 1. The molecule has 0 spiro atoms. The van der Waals surface area contributed by atoms with E-state index in [2.05, 4.69) is 20.8 Å². The Morgan fingerprint density at radius 3 is 3.00 bits per heavy atom. The van der Waals surface area contributed by atoms with E-state index in [1.165, 1.54) is 6.07 Å². The molecule has 0 aliphatic carbocycles. The number of aliphatic hydroxyl groups excluding tert-OH is 1. The molecule has 1 fully saturated rings. The zero-order valence-corrected chi connectivity index (χ0v) is 11.3. The SMILES string of the molecule is OCC1CCCN(Cc2ccc(F)c(Br)c2)C1. The van der Waals surface area contributed by atoms with E-state index < -0.39 is 0 Å². The maximum atomic E-state index is 13.1. The van der Waals surface area contributed by atoms with E-state index in [1.807, 2.05) is 12.1 Å². The topological polar surface area (TPSA) is 23.5 Å². The molecule has 4 heteroatoms. The van der Waals surface area contributed by atoms with E-state index in [9.17, 15) is 9.50 Å². The highest BCUT2D eigenvalue weighted by molar-refractivity contribution is 9.10. The summed E-state index contributed by atoms with van der Waals surface area (Å²) < 4.78 is 13.6. The van der Waals surface area contributed by atoms with Crippen molar-refractivity contribution in [2.24, 2.45) is 5.92 Å². The molecule has 0 saturated carbocycles. The van der Waals surface area contributed by atoms with Gasteiger partial charge in [0.2, 0.25) is 0 Å². The van der Waals surface area contributed by atoms with E-state index in [4.69, 9.17) is 0 Å². The Morgan fingerprint density at radius 1 is 1.47 bits per heavy atom. The molecule has 2 nitrogen and oxygen atoms in total. The molecule has 17 heavy (non-hydrogen) atoms. The van der Waals surface area contributed by atoms with Gasteiger partial charge in [-0.3, -0.25) is 4.90 Å². The van der Waals surface area contributed by atoms with Crippen LogP contribution in [0.1, 0.15) is 18.4 Å². The van der Waals surface area contributed by atoms with Crippen LogP contribution in [0.5, 0.6) is 0 Å². The number of benzene rings is 1. The van der Waals surface area contributed by atoms with Crippen molar-refractivity contribution in [3.63, 3.8) is 0 Å². The molecule has 94 valence electrons. The van der Waals surface area contributed by atoms with Crippen molar-refractivity contribution in [2.75, 3.05) is 19.7 Å². The van der Waals surface area contributed by atoms with Crippen LogP contribution in [-0.4, -0.2) is 29.7 Å².